The van der Waals surface area contributed by atoms with Gasteiger partial charge in [-0.3, -0.25) is 14.9 Å². The molecule has 1 aliphatic rings. The van der Waals surface area contributed by atoms with E-state index in [2.05, 4.69) is 4.90 Å². The predicted octanol–water partition coefficient (Wildman–Crippen LogP) is 3.25. The van der Waals surface area contributed by atoms with Gasteiger partial charge in [-0.25, -0.2) is 0 Å². The van der Waals surface area contributed by atoms with Crippen LogP contribution in [0.3, 0.4) is 0 Å². The number of nitrogens with zero attached hydrogens (tertiary/aromatic N) is 2. The Labute approximate surface area is 127 Å². The highest BCUT2D eigenvalue weighted by Crippen LogP contribution is 2.34. The van der Waals surface area contributed by atoms with Crippen LogP contribution in [0.2, 0.25) is 5.02 Å². The number of carboxylic acids is 1. The van der Waals surface area contributed by atoms with E-state index in [1.165, 1.54) is 6.07 Å². The van der Waals surface area contributed by atoms with Crippen molar-refractivity contribution < 1.29 is 14.8 Å². The van der Waals surface area contributed by atoms with E-state index >= 15 is 0 Å². The van der Waals surface area contributed by atoms with E-state index in [4.69, 9.17) is 16.7 Å². The SMILES string of the molecule is Cc1cc([N+](=O)[O-])c(Cl)cc1N1CCCC(CC(=O)O)C1. The lowest BCUT2D eigenvalue weighted by Crippen LogP contribution is -2.36. The molecule has 1 fully saturated rings. The zero-order chi connectivity index (χ0) is 15.6. The summed E-state index contributed by atoms with van der Waals surface area (Å²) in [5, 5.41) is 19.9. The molecule has 0 amide bonds. The van der Waals surface area contributed by atoms with Gasteiger partial charge < -0.3 is 10.0 Å². The third kappa shape index (κ3) is 3.64. The Morgan fingerprint density at radius 2 is 2.29 bits per heavy atom. The summed E-state index contributed by atoms with van der Waals surface area (Å²) in [5.41, 5.74) is 1.53. The van der Waals surface area contributed by atoms with Crippen LogP contribution in [0.1, 0.15) is 24.8 Å². The highest BCUT2D eigenvalue weighted by molar-refractivity contribution is 6.33. The summed E-state index contributed by atoms with van der Waals surface area (Å²) >= 11 is 5.97. The topological polar surface area (TPSA) is 83.7 Å². The first-order valence-electron chi connectivity index (χ1n) is 6.79. The molecule has 0 bridgehead atoms. The van der Waals surface area contributed by atoms with Gasteiger partial charge in [-0.2, -0.15) is 0 Å². The van der Waals surface area contributed by atoms with Crippen molar-refractivity contribution in [1.82, 2.24) is 0 Å². The van der Waals surface area contributed by atoms with E-state index in [1.54, 1.807) is 13.0 Å². The molecule has 1 atom stereocenters. The summed E-state index contributed by atoms with van der Waals surface area (Å²) in [6.45, 7) is 3.26. The number of benzene rings is 1. The molecule has 1 N–H and O–H groups in total. The number of rotatable bonds is 4. The number of carboxylic acid groups (broad SMARTS) is 1. The number of aryl methyl sites for hydroxylation is 1. The number of nitro benzene ring substituents is 1. The average molecular weight is 313 g/mol. The lowest BCUT2D eigenvalue weighted by molar-refractivity contribution is -0.384. The Kier molecular flexibility index (Phi) is 4.67. The fourth-order valence-electron chi connectivity index (χ4n) is 2.83. The average Bonchev–Trinajstić information content (AvgIpc) is 2.40. The van der Waals surface area contributed by atoms with Crippen LogP contribution in [0.4, 0.5) is 11.4 Å². The van der Waals surface area contributed by atoms with Crippen LogP contribution in [-0.4, -0.2) is 29.1 Å². The maximum absolute atomic E-state index is 10.9. The van der Waals surface area contributed by atoms with Crippen molar-refractivity contribution >= 4 is 28.9 Å². The Morgan fingerprint density at radius 3 is 2.90 bits per heavy atom. The fraction of sp³-hybridized carbons (Fsp3) is 0.500. The van der Waals surface area contributed by atoms with Crippen molar-refractivity contribution in [2.24, 2.45) is 5.92 Å². The standard InChI is InChI=1S/C14H17ClN2O4/c1-9-5-13(17(20)21)11(15)7-12(9)16-4-2-3-10(8-16)6-14(18)19/h5,7,10H,2-4,6,8H2,1H3,(H,18,19). The lowest BCUT2D eigenvalue weighted by atomic mass is 9.94. The molecule has 0 aromatic heterocycles. The zero-order valence-corrected chi connectivity index (χ0v) is 12.5. The number of carbonyl (C=O) groups is 1. The highest BCUT2D eigenvalue weighted by Gasteiger charge is 2.25. The van der Waals surface area contributed by atoms with Gasteiger partial charge in [-0.05, 0) is 37.3 Å². The summed E-state index contributed by atoms with van der Waals surface area (Å²) in [6.07, 6.45) is 1.95. The Morgan fingerprint density at radius 1 is 1.57 bits per heavy atom. The number of nitro groups is 1. The monoisotopic (exact) mass is 312 g/mol. The number of piperidine rings is 1. The number of hydrogen-bond donors (Lipinski definition) is 1. The van der Waals surface area contributed by atoms with E-state index in [-0.39, 0.29) is 23.0 Å². The molecule has 1 saturated heterocycles. The van der Waals surface area contributed by atoms with Crippen molar-refractivity contribution in [3.05, 3.63) is 32.8 Å². The lowest BCUT2D eigenvalue weighted by Gasteiger charge is -2.34. The first-order valence-corrected chi connectivity index (χ1v) is 7.17. The zero-order valence-electron chi connectivity index (χ0n) is 11.7. The van der Waals surface area contributed by atoms with E-state index in [9.17, 15) is 14.9 Å². The molecule has 1 heterocycles. The van der Waals surface area contributed by atoms with Crippen molar-refractivity contribution in [3.8, 4) is 0 Å². The maximum atomic E-state index is 10.9. The number of aliphatic carboxylic acids is 1. The van der Waals surface area contributed by atoms with Crippen LogP contribution in [0, 0.1) is 23.0 Å². The van der Waals surface area contributed by atoms with Gasteiger partial charge in [0.25, 0.3) is 5.69 Å². The third-order valence-corrected chi connectivity index (χ3v) is 4.09. The number of halogens is 1. The minimum atomic E-state index is -0.791. The van der Waals surface area contributed by atoms with Gasteiger partial charge in [0.05, 0.1) is 4.92 Å². The van der Waals surface area contributed by atoms with Crippen LogP contribution >= 0.6 is 11.6 Å². The molecule has 1 aromatic rings. The van der Waals surface area contributed by atoms with Crippen LogP contribution in [-0.2, 0) is 4.79 Å². The molecule has 7 heteroatoms. The first kappa shape index (κ1) is 15.6. The van der Waals surface area contributed by atoms with Crippen LogP contribution in [0.15, 0.2) is 12.1 Å². The van der Waals surface area contributed by atoms with Gasteiger partial charge in [0.1, 0.15) is 5.02 Å². The molecule has 114 valence electrons. The van der Waals surface area contributed by atoms with E-state index in [0.29, 0.717) is 6.54 Å². The molecular formula is C14H17ClN2O4. The summed E-state index contributed by atoms with van der Waals surface area (Å²) < 4.78 is 0. The predicted molar refractivity (Wildman–Crippen MR) is 80.0 cm³/mol. The second-order valence-corrected chi connectivity index (χ2v) is 5.81. The molecule has 2 rings (SSSR count). The molecule has 0 saturated carbocycles. The van der Waals surface area contributed by atoms with Crippen molar-refractivity contribution in [2.45, 2.75) is 26.2 Å². The number of hydrogen-bond acceptors (Lipinski definition) is 4. The molecule has 1 unspecified atom stereocenters. The molecule has 6 nitrogen and oxygen atoms in total. The minimum absolute atomic E-state index is 0.1000. The van der Waals surface area contributed by atoms with Crippen molar-refractivity contribution in [2.75, 3.05) is 18.0 Å². The molecule has 0 radical (unpaired) electrons. The quantitative estimate of drug-likeness (QED) is 0.681. The minimum Gasteiger partial charge on any atom is -0.481 e. The molecule has 1 aliphatic heterocycles. The molecule has 0 aliphatic carbocycles. The van der Waals surface area contributed by atoms with Gasteiger partial charge in [0.2, 0.25) is 0 Å². The molecule has 0 spiro atoms. The summed E-state index contributed by atoms with van der Waals surface area (Å²) in [4.78, 5) is 23.3. The van der Waals surface area contributed by atoms with Gasteiger partial charge in [0, 0.05) is 31.3 Å². The van der Waals surface area contributed by atoms with Crippen LogP contribution in [0.25, 0.3) is 0 Å². The summed E-state index contributed by atoms with van der Waals surface area (Å²) in [5.74, 6) is -0.690. The first-order chi connectivity index (χ1) is 9.88. The Balaban J connectivity index is 2.23. The smallest absolute Gasteiger partial charge is 0.303 e. The van der Waals surface area contributed by atoms with E-state index in [1.807, 2.05) is 0 Å². The molecule has 1 aromatic carbocycles. The molecular weight excluding hydrogens is 296 g/mol. The fourth-order valence-corrected chi connectivity index (χ4v) is 3.06. The summed E-state index contributed by atoms with van der Waals surface area (Å²) in [6, 6.07) is 3.08. The molecule has 21 heavy (non-hydrogen) atoms. The van der Waals surface area contributed by atoms with Gasteiger partial charge in [-0.15, -0.1) is 0 Å². The largest absolute Gasteiger partial charge is 0.481 e. The Bertz CT molecular complexity index is 576. The van der Waals surface area contributed by atoms with Crippen molar-refractivity contribution in [1.29, 1.82) is 0 Å². The summed E-state index contributed by atoms with van der Waals surface area (Å²) in [7, 11) is 0. The van der Waals surface area contributed by atoms with Gasteiger partial charge in [0.15, 0.2) is 0 Å². The third-order valence-electron chi connectivity index (χ3n) is 3.79. The maximum Gasteiger partial charge on any atom is 0.303 e. The van der Waals surface area contributed by atoms with Crippen LogP contribution < -0.4 is 4.90 Å². The second kappa shape index (κ2) is 6.30. The van der Waals surface area contributed by atoms with Gasteiger partial charge in [-0.1, -0.05) is 11.6 Å². The Hall–Kier alpha value is -1.82. The van der Waals surface area contributed by atoms with Crippen molar-refractivity contribution in [3.63, 3.8) is 0 Å². The second-order valence-electron chi connectivity index (χ2n) is 5.40. The highest BCUT2D eigenvalue weighted by atomic mass is 35.5. The van der Waals surface area contributed by atoms with E-state index < -0.39 is 10.9 Å². The van der Waals surface area contributed by atoms with Gasteiger partial charge >= 0.3 is 5.97 Å². The normalized spacial score (nSPS) is 18.6. The number of anilines is 1. The van der Waals surface area contributed by atoms with Crippen LogP contribution in [0.5, 0.6) is 0 Å². The van der Waals surface area contributed by atoms with E-state index in [0.717, 1.165) is 30.6 Å².